The van der Waals surface area contributed by atoms with Crippen LogP contribution in [-0.2, 0) is 11.3 Å². The van der Waals surface area contributed by atoms with Crippen molar-refractivity contribution in [2.24, 2.45) is 0 Å². The second-order valence-corrected chi connectivity index (χ2v) is 5.24. The second-order valence-electron chi connectivity index (χ2n) is 5.24. The van der Waals surface area contributed by atoms with Gasteiger partial charge in [-0.15, -0.1) is 0 Å². The summed E-state index contributed by atoms with van der Waals surface area (Å²) in [6, 6.07) is 15.0. The monoisotopic (exact) mass is 351 g/mol. The fourth-order valence-corrected chi connectivity index (χ4v) is 2.09. The van der Waals surface area contributed by atoms with E-state index in [4.69, 9.17) is 15.1 Å². The number of carbonyl (C=O) groups excluding carboxylic acids is 1. The van der Waals surface area contributed by atoms with Crippen molar-refractivity contribution < 1.29 is 19.4 Å². The van der Waals surface area contributed by atoms with Crippen LogP contribution in [0.5, 0.6) is 5.75 Å². The van der Waals surface area contributed by atoms with E-state index in [-0.39, 0.29) is 11.1 Å². The summed E-state index contributed by atoms with van der Waals surface area (Å²) in [5.74, 6) is -0.986. The Bertz CT molecular complexity index is 867. The molecule has 2 aromatic rings. The van der Waals surface area contributed by atoms with E-state index in [0.29, 0.717) is 12.2 Å². The lowest BCUT2D eigenvalue weighted by Crippen LogP contribution is -2.17. The average molecular weight is 351 g/mol. The van der Waals surface area contributed by atoms with E-state index in [9.17, 15) is 9.59 Å². The van der Waals surface area contributed by atoms with Crippen LogP contribution in [0.3, 0.4) is 0 Å². The van der Waals surface area contributed by atoms with Crippen molar-refractivity contribution in [1.82, 2.24) is 5.32 Å². The fourth-order valence-electron chi connectivity index (χ4n) is 2.09. The minimum absolute atomic E-state index is 0.0444. The van der Waals surface area contributed by atoms with Gasteiger partial charge >= 0.3 is 5.97 Å². The number of carbonyl (C=O) groups is 2. The number of carboxylic acids is 1. The normalized spacial score (nSPS) is 10.5. The maximum Gasteiger partial charge on any atom is 0.335 e. The van der Waals surface area contributed by atoms with Crippen molar-refractivity contribution in [2.75, 3.05) is 12.4 Å². The Kier molecular flexibility index (Phi) is 6.34. The molecule has 3 N–H and O–H groups in total. The third kappa shape index (κ3) is 5.11. The summed E-state index contributed by atoms with van der Waals surface area (Å²) in [6.07, 6.45) is 1.32. The number of hydrogen-bond donors (Lipinski definition) is 3. The molecular weight excluding hydrogens is 334 g/mol. The maximum atomic E-state index is 12.1. The Morgan fingerprint density at radius 1 is 1.23 bits per heavy atom. The molecule has 0 saturated carbocycles. The second kappa shape index (κ2) is 8.89. The molecule has 1 amide bonds. The third-order valence-corrected chi connectivity index (χ3v) is 3.44. The van der Waals surface area contributed by atoms with E-state index in [1.165, 1.54) is 24.4 Å². The number of methoxy groups -OCH3 is 1. The zero-order valence-electron chi connectivity index (χ0n) is 14.0. The number of nitrogens with one attached hydrogen (secondary N) is 2. The van der Waals surface area contributed by atoms with Gasteiger partial charge in [-0.25, -0.2) is 4.79 Å². The zero-order valence-corrected chi connectivity index (χ0v) is 14.0. The maximum absolute atomic E-state index is 12.1. The molecule has 26 heavy (non-hydrogen) atoms. The standard InChI is InChI=1S/C19H17N3O4/c1-26-17-7-5-13(6-8-17)11-21-12-15(10-20)18(23)22-16-4-2-3-14(9-16)19(24)25/h2-9,12,21H,11H2,1H3,(H,22,23)(H,24,25)/b15-12-. The molecule has 0 heterocycles. The molecule has 2 aromatic carbocycles. The van der Waals surface area contributed by atoms with Gasteiger partial charge in [0.1, 0.15) is 17.4 Å². The van der Waals surface area contributed by atoms with E-state index in [1.54, 1.807) is 13.2 Å². The van der Waals surface area contributed by atoms with Crippen LogP contribution >= 0.6 is 0 Å². The first-order valence-electron chi connectivity index (χ1n) is 7.65. The lowest BCUT2D eigenvalue weighted by molar-refractivity contribution is -0.112. The van der Waals surface area contributed by atoms with Gasteiger partial charge in [-0.1, -0.05) is 18.2 Å². The topological polar surface area (TPSA) is 111 Å². The van der Waals surface area contributed by atoms with Crippen LogP contribution in [0.2, 0.25) is 0 Å². The Labute approximate surface area is 150 Å². The van der Waals surface area contributed by atoms with Gasteiger partial charge in [0.05, 0.1) is 12.7 Å². The molecule has 0 aliphatic carbocycles. The van der Waals surface area contributed by atoms with Gasteiger partial charge in [0.2, 0.25) is 0 Å². The summed E-state index contributed by atoms with van der Waals surface area (Å²) in [7, 11) is 1.58. The number of rotatable bonds is 7. The summed E-state index contributed by atoms with van der Waals surface area (Å²) in [5.41, 5.74) is 1.17. The van der Waals surface area contributed by atoms with E-state index in [1.807, 2.05) is 30.3 Å². The number of hydrogen-bond acceptors (Lipinski definition) is 5. The lowest BCUT2D eigenvalue weighted by atomic mass is 10.2. The Balaban J connectivity index is 1.99. The van der Waals surface area contributed by atoms with Gasteiger partial charge < -0.3 is 20.5 Å². The zero-order chi connectivity index (χ0) is 18.9. The predicted octanol–water partition coefficient (Wildman–Crippen LogP) is 2.53. The quantitative estimate of drug-likeness (QED) is 0.522. The van der Waals surface area contributed by atoms with Crippen LogP contribution in [-0.4, -0.2) is 24.1 Å². The molecule has 0 saturated heterocycles. The van der Waals surface area contributed by atoms with E-state index in [2.05, 4.69) is 10.6 Å². The SMILES string of the molecule is COc1ccc(CN/C=C(/C#N)C(=O)Nc2cccc(C(=O)O)c2)cc1. The predicted molar refractivity (Wildman–Crippen MR) is 95.6 cm³/mol. The van der Waals surface area contributed by atoms with Crippen LogP contribution in [0.25, 0.3) is 0 Å². The van der Waals surface area contributed by atoms with Gasteiger partial charge in [0.25, 0.3) is 5.91 Å². The van der Waals surface area contributed by atoms with Crippen molar-refractivity contribution in [3.8, 4) is 11.8 Å². The fraction of sp³-hybridized carbons (Fsp3) is 0.105. The minimum atomic E-state index is -1.10. The van der Waals surface area contributed by atoms with Gasteiger partial charge in [-0.2, -0.15) is 5.26 Å². The highest BCUT2D eigenvalue weighted by molar-refractivity contribution is 6.06. The van der Waals surface area contributed by atoms with Crippen LogP contribution in [0.15, 0.2) is 60.3 Å². The smallest absolute Gasteiger partial charge is 0.335 e. The van der Waals surface area contributed by atoms with Gasteiger partial charge in [0.15, 0.2) is 0 Å². The largest absolute Gasteiger partial charge is 0.497 e. The third-order valence-electron chi connectivity index (χ3n) is 3.44. The molecule has 0 fully saturated rings. The van der Waals surface area contributed by atoms with Gasteiger partial charge in [-0.3, -0.25) is 4.79 Å². The highest BCUT2D eigenvalue weighted by Crippen LogP contribution is 2.13. The number of carboxylic acid groups (broad SMARTS) is 1. The van der Waals surface area contributed by atoms with E-state index in [0.717, 1.165) is 11.3 Å². The summed E-state index contributed by atoms with van der Waals surface area (Å²) < 4.78 is 5.08. The highest BCUT2D eigenvalue weighted by Gasteiger charge is 2.10. The van der Waals surface area contributed by atoms with Crippen molar-refractivity contribution >= 4 is 17.6 Å². The van der Waals surface area contributed by atoms with Gasteiger partial charge in [0, 0.05) is 18.4 Å². The molecule has 0 spiro atoms. The molecule has 0 atom stereocenters. The van der Waals surface area contributed by atoms with Crippen molar-refractivity contribution in [3.63, 3.8) is 0 Å². The number of ether oxygens (including phenoxy) is 1. The highest BCUT2D eigenvalue weighted by atomic mass is 16.5. The van der Waals surface area contributed by atoms with Crippen molar-refractivity contribution in [3.05, 3.63) is 71.4 Å². The molecule has 7 nitrogen and oxygen atoms in total. The van der Waals surface area contributed by atoms with Crippen LogP contribution < -0.4 is 15.4 Å². The summed E-state index contributed by atoms with van der Waals surface area (Å²) in [4.78, 5) is 23.1. The molecule has 0 radical (unpaired) electrons. The number of amides is 1. The molecule has 0 unspecified atom stereocenters. The average Bonchev–Trinajstić information content (AvgIpc) is 2.65. The lowest BCUT2D eigenvalue weighted by Gasteiger charge is -2.06. The summed E-state index contributed by atoms with van der Waals surface area (Å²) in [6.45, 7) is 0.428. The summed E-state index contributed by atoms with van der Waals surface area (Å²) in [5, 5.41) is 23.5. The molecule has 2 rings (SSSR count). The molecule has 0 aromatic heterocycles. The Morgan fingerprint density at radius 2 is 1.96 bits per heavy atom. The molecule has 0 aliphatic rings. The van der Waals surface area contributed by atoms with Crippen molar-refractivity contribution in [1.29, 1.82) is 5.26 Å². The Hall–Kier alpha value is -3.79. The van der Waals surface area contributed by atoms with Gasteiger partial charge in [-0.05, 0) is 35.9 Å². The first-order chi connectivity index (χ1) is 12.5. The number of nitriles is 1. The first kappa shape index (κ1) is 18.5. The van der Waals surface area contributed by atoms with E-state index >= 15 is 0 Å². The molecule has 0 aliphatic heterocycles. The molecule has 0 bridgehead atoms. The van der Waals surface area contributed by atoms with Crippen molar-refractivity contribution in [2.45, 2.75) is 6.54 Å². The number of anilines is 1. The van der Waals surface area contributed by atoms with Crippen LogP contribution in [0.4, 0.5) is 5.69 Å². The van der Waals surface area contributed by atoms with Crippen LogP contribution in [0, 0.1) is 11.3 Å². The molecule has 132 valence electrons. The summed E-state index contributed by atoms with van der Waals surface area (Å²) >= 11 is 0. The molecule has 7 heteroatoms. The Morgan fingerprint density at radius 3 is 2.58 bits per heavy atom. The van der Waals surface area contributed by atoms with E-state index < -0.39 is 11.9 Å². The minimum Gasteiger partial charge on any atom is -0.497 e. The number of aromatic carboxylic acids is 1. The first-order valence-corrected chi connectivity index (χ1v) is 7.65. The number of nitrogens with zero attached hydrogens (tertiary/aromatic N) is 1. The van der Waals surface area contributed by atoms with Crippen LogP contribution in [0.1, 0.15) is 15.9 Å². The number of benzene rings is 2. The molecular formula is C19H17N3O4.